The zero-order valence-electron chi connectivity index (χ0n) is 16.6. The van der Waals surface area contributed by atoms with Gasteiger partial charge in [0.2, 0.25) is 0 Å². The summed E-state index contributed by atoms with van der Waals surface area (Å²) < 4.78 is 11.1. The Kier molecular flexibility index (Phi) is 6.29. The number of amides is 1. The van der Waals surface area contributed by atoms with Crippen LogP contribution >= 0.6 is 0 Å². The molecule has 1 amide bonds. The molecule has 1 N–H and O–H groups in total. The quantitative estimate of drug-likeness (QED) is 0.580. The van der Waals surface area contributed by atoms with Gasteiger partial charge in [0.25, 0.3) is 5.91 Å². The lowest BCUT2D eigenvalue weighted by molar-refractivity contribution is -0.122. The highest BCUT2D eigenvalue weighted by molar-refractivity contribution is 5.98. The van der Waals surface area contributed by atoms with Gasteiger partial charge in [0.15, 0.2) is 23.4 Å². The molecular weight excluding hydrogens is 366 g/mol. The third-order valence-corrected chi connectivity index (χ3v) is 4.51. The third kappa shape index (κ3) is 4.82. The van der Waals surface area contributed by atoms with Gasteiger partial charge in [0.05, 0.1) is 7.11 Å². The topological polar surface area (TPSA) is 64.6 Å². The average Bonchev–Trinajstić information content (AvgIpc) is 2.74. The normalized spacial score (nSPS) is 11.4. The Balaban J connectivity index is 1.77. The predicted molar refractivity (Wildman–Crippen MR) is 114 cm³/mol. The second kappa shape index (κ2) is 9.06. The number of para-hydroxylation sites is 1. The van der Waals surface area contributed by atoms with E-state index in [-0.39, 0.29) is 11.7 Å². The number of carbonyl (C=O) groups excluding carboxylic acids is 2. The lowest BCUT2D eigenvalue weighted by atomic mass is 10.0. The lowest BCUT2D eigenvalue weighted by Crippen LogP contribution is -2.30. The zero-order valence-corrected chi connectivity index (χ0v) is 16.6. The summed E-state index contributed by atoms with van der Waals surface area (Å²) in [4.78, 5) is 24.3. The number of hydrogen-bond donors (Lipinski definition) is 1. The van der Waals surface area contributed by atoms with Gasteiger partial charge in [-0.25, -0.2) is 0 Å². The number of anilines is 1. The maximum absolute atomic E-state index is 12.7. The highest BCUT2D eigenvalue weighted by Gasteiger charge is 2.19. The monoisotopic (exact) mass is 389 g/mol. The number of rotatable bonds is 7. The Bertz CT molecular complexity index is 1010. The molecule has 29 heavy (non-hydrogen) atoms. The van der Waals surface area contributed by atoms with Crippen LogP contribution in [-0.4, -0.2) is 24.9 Å². The van der Waals surface area contributed by atoms with E-state index in [9.17, 15) is 9.59 Å². The Morgan fingerprint density at radius 1 is 0.897 bits per heavy atom. The first kappa shape index (κ1) is 20.1. The number of ketones is 1. The fraction of sp³-hybridized carbons (Fsp3) is 0.167. The molecule has 148 valence electrons. The third-order valence-electron chi connectivity index (χ3n) is 4.51. The molecule has 0 aromatic heterocycles. The van der Waals surface area contributed by atoms with Crippen LogP contribution in [-0.2, 0) is 4.79 Å². The number of nitrogens with one attached hydrogen (secondary N) is 1. The van der Waals surface area contributed by atoms with Crippen LogP contribution in [0, 0.1) is 0 Å². The van der Waals surface area contributed by atoms with Crippen molar-refractivity contribution in [2.24, 2.45) is 0 Å². The second-order valence-electron chi connectivity index (χ2n) is 6.58. The molecule has 0 bridgehead atoms. The van der Waals surface area contributed by atoms with Gasteiger partial charge in [0.1, 0.15) is 0 Å². The van der Waals surface area contributed by atoms with E-state index < -0.39 is 6.10 Å². The van der Waals surface area contributed by atoms with E-state index in [1.807, 2.05) is 54.6 Å². The molecule has 1 atom stereocenters. The molecule has 5 nitrogen and oxygen atoms in total. The Morgan fingerprint density at radius 2 is 1.59 bits per heavy atom. The van der Waals surface area contributed by atoms with Crippen molar-refractivity contribution >= 4 is 17.4 Å². The maximum atomic E-state index is 12.7. The molecule has 0 heterocycles. The number of benzene rings is 3. The summed E-state index contributed by atoms with van der Waals surface area (Å²) in [5.41, 5.74) is 3.16. The molecule has 0 radical (unpaired) electrons. The van der Waals surface area contributed by atoms with Gasteiger partial charge in [0, 0.05) is 16.8 Å². The Hall–Kier alpha value is -3.60. The van der Waals surface area contributed by atoms with Crippen LogP contribution in [0.5, 0.6) is 11.5 Å². The standard InChI is InChI=1S/C24H23NO4/c1-16(26)19-13-14-22(23(15-19)28-3)29-17(2)24(27)25-21-12-8-7-11-20(21)18-9-5-4-6-10-18/h4-15,17H,1-3H3,(H,25,27)/t17-/m0/s1. The summed E-state index contributed by atoms with van der Waals surface area (Å²) in [5, 5.41) is 2.94. The van der Waals surface area contributed by atoms with Crippen molar-refractivity contribution in [2.75, 3.05) is 12.4 Å². The molecular formula is C24H23NO4. The second-order valence-corrected chi connectivity index (χ2v) is 6.58. The van der Waals surface area contributed by atoms with Crippen LogP contribution in [0.3, 0.4) is 0 Å². The van der Waals surface area contributed by atoms with Gasteiger partial charge in [-0.05, 0) is 43.7 Å². The van der Waals surface area contributed by atoms with Gasteiger partial charge in [-0.3, -0.25) is 9.59 Å². The molecule has 0 saturated heterocycles. The number of methoxy groups -OCH3 is 1. The van der Waals surface area contributed by atoms with Crippen LogP contribution in [0.4, 0.5) is 5.69 Å². The SMILES string of the molecule is COc1cc(C(C)=O)ccc1O[C@@H](C)C(=O)Nc1ccccc1-c1ccccc1. The summed E-state index contributed by atoms with van der Waals surface area (Å²) in [5.74, 6) is 0.447. The van der Waals surface area contributed by atoms with E-state index in [0.717, 1.165) is 11.1 Å². The molecule has 0 fully saturated rings. The van der Waals surface area contributed by atoms with Gasteiger partial charge in [-0.1, -0.05) is 48.5 Å². The van der Waals surface area contributed by atoms with Crippen molar-refractivity contribution < 1.29 is 19.1 Å². The highest BCUT2D eigenvalue weighted by Crippen LogP contribution is 2.30. The summed E-state index contributed by atoms with van der Waals surface area (Å²) in [7, 11) is 1.49. The summed E-state index contributed by atoms with van der Waals surface area (Å²) in [6.07, 6.45) is -0.768. The molecule has 3 aromatic rings. The van der Waals surface area contributed by atoms with Crippen molar-refractivity contribution in [3.05, 3.63) is 78.4 Å². The number of hydrogen-bond acceptors (Lipinski definition) is 4. The Morgan fingerprint density at radius 3 is 2.28 bits per heavy atom. The predicted octanol–water partition coefficient (Wildman–Crippen LogP) is 4.97. The van der Waals surface area contributed by atoms with Gasteiger partial charge in [-0.15, -0.1) is 0 Å². The lowest BCUT2D eigenvalue weighted by Gasteiger charge is -2.18. The first-order valence-corrected chi connectivity index (χ1v) is 9.30. The summed E-state index contributed by atoms with van der Waals surface area (Å²) >= 11 is 0. The molecule has 0 saturated carbocycles. The first-order valence-electron chi connectivity index (χ1n) is 9.30. The number of ether oxygens (including phenoxy) is 2. The van der Waals surface area contributed by atoms with E-state index in [0.29, 0.717) is 22.7 Å². The minimum absolute atomic E-state index is 0.0711. The molecule has 3 aromatic carbocycles. The molecule has 0 aliphatic heterocycles. The van der Waals surface area contributed by atoms with E-state index >= 15 is 0 Å². The first-order chi connectivity index (χ1) is 14.0. The minimum Gasteiger partial charge on any atom is -0.493 e. The van der Waals surface area contributed by atoms with E-state index in [4.69, 9.17) is 9.47 Å². The van der Waals surface area contributed by atoms with Crippen LogP contribution in [0.25, 0.3) is 11.1 Å². The van der Waals surface area contributed by atoms with Crippen LogP contribution in [0.2, 0.25) is 0 Å². The van der Waals surface area contributed by atoms with E-state index in [1.54, 1.807) is 25.1 Å². The smallest absolute Gasteiger partial charge is 0.265 e. The van der Waals surface area contributed by atoms with Crippen LogP contribution in [0.15, 0.2) is 72.8 Å². The largest absolute Gasteiger partial charge is 0.493 e. The summed E-state index contributed by atoms with van der Waals surface area (Å²) in [6.45, 7) is 3.15. The molecule has 5 heteroatoms. The average molecular weight is 389 g/mol. The molecule has 0 aliphatic carbocycles. The van der Waals surface area contributed by atoms with Gasteiger partial charge < -0.3 is 14.8 Å². The molecule has 3 rings (SSSR count). The fourth-order valence-corrected chi connectivity index (χ4v) is 2.92. The zero-order chi connectivity index (χ0) is 20.8. The van der Waals surface area contributed by atoms with Crippen molar-refractivity contribution in [1.29, 1.82) is 0 Å². The molecule has 0 aliphatic rings. The van der Waals surface area contributed by atoms with Crippen molar-refractivity contribution in [3.8, 4) is 22.6 Å². The van der Waals surface area contributed by atoms with Crippen LogP contribution in [0.1, 0.15) is 24.2 Å². The maximum Gasteiger partial charge on any atom is 0.265 e. The number of carbonyl (C=O) groups is 2. The summed E-state index contributed by atoms with van der Waals surface area (Å²) in [6, 6.07) is 22.3. The van der Waals surface area contributed by atoms with E-state index in [1.165, 1.54) is 14.0 Å². The van der Waals surface area contributed by atoms with Crippen molar-refractivity contribution in [3.63, 3.8) is 0 Å². The van der Waals surface area contributed by atoms with Crippen molar-refractivity contribution in [2.45, 2.75) is 20.0 Å². The van der Waals surface area contributed by atoms with Crippen molar-refractivity contribution in [1.82, 2.24) is 0 Å². The van der Waals surface area contributed by atoms with Gasteiger partial charge >= 0.3 is 0 Å². The van der Waals surface area contributed by atoms with E-state index in [2.05, 4.69) is 5.32 Å². The van der Waals surface area contributed by atoms with Gasteiger partial charge in [-0.2, -0.15) is 0 Å². The molecule has 0 spiro atoms. The minimum atomic E-state index is -0.768. The highest BCUT2D eigenvalue weighted by atomic mass is 16.5. The Labute approximate surface area is 170 Å². The van der Waals surface area contributed by atoms with Crippen LogP contribution < -0.4 is 14.8 Å². The fourth-order valence-electron chi connectivity index (χ4n) is 2.92. The number of Topliss-reactive ketones (excluding diaryl/α,β-unsaturated/α-hetero) is 1. The molecule has 0 unspecified atom stereocenters.